The predicted octanol–water partition coefficient (Wildman–Crippen LogP) is 4.79. The molecule has 0 bridgehead atoms. The molecule has 0 aliphatic heterocycles. The number of carbonyl (C=O) groups is 2. The van der Waals surface area contributed by atoms with Gasteiger partial charge in [-0.1, -0.05) is 76.7 Å². The summed E-state index contributed by atoms with van der Waals surface area (Å²) in [5.41, 5.74) is 3.20. The summed E-state index contributed by atoms with van der Waals surface area (Å²) in [6, 6.07) is 13.2. The van der Waals surface area contributed by atoms with Gasteiger partial charge >= 0.3 is 5.97 Å². The van der Waals surface area contributed by atoms with Crippen molar-refractivity contribution in [1.29, 1.82) is 0 Å². The minimum atomic E-state index is -0.479. The maximum absolute atomic E-state index is 12.2. The number of rotatable bonds is 29. The van der Waals surface area contributed by atoms with Crippen molar-refractivity contribution in [1.82, 2.24) is 5.32 Å². The molecular formula is C42H68ClN3O6. The number of nitrogens with zero attached hydrogens (tertiary/aromatic N) is 2. The largest absolute Gasteiger partial charge is 1.00 e. The molecular weight excluding hydrogens is 678 g/mol. The fraction of sp³-hybridized carbons (Fsp3) is 0.643. The summed E-state index contributed by atoms with van der Waals surface area (Å²) >= 11 is 0. The second-order valence-electron chi connectivity index (χ2n) is 14.0. The van der Waals surface area contributed by atoms with Crippen molar-refractivity contribution in [3.63, 3.8) is 0 Å². The number of benzene rings is 1. The number of pyridine rings is 1. The molecule has 9 nitrogen and oxygen atoms in total. The summed E-state index contributed by atoms with van der Waals surface area (Å²) in [7, 11) is 0. The highest BCUT2D eigenvalue weighted by molar-refractivity contribution is 5.75. The zero-order chi connectivity index (χ0) is 37.0. The average Bonchev–Trinajstić information content (AvgIpc) is 3.10. The lowest BCUT2D eigenvalue weighted by atomic mass is 10.1. The average molecular weight is 746 g/mol. The summed E-state index contributed by atoms with van der Waals surface area (Å²) in [4.78, 5) is 26.4. The number of amides is 1. The third kappa shape index (κ3) is 24.3. The summed E-state index contributed by atoms with van der Waals surface area (Å²) in [6.07, 6.45) is 20.3. The number of aryl methyl sites for hydroxylation is 1. The Morgan fingerprint density at radius 2 is 1.23 bits per heavy atom. The van der Waals surface area contributed by atoms with Crippen LogP contribution in [0.3, 0.4) is 0 Å². The van der Waals surface area contributed by atoms with Crippen LogP contribution in [0, 0.1) is 0 Å². The molecule has 1 heterocycles. The Labute approximate surface area is 321 Å². The highest BCUT2D eigenvalue weighted by atomic mass is 35.5. The van der Waals surface area contributed by atoms with Crippen LogP contribution >= 0.6 is 0 Å². The van der Waals surface area contributed by atoms with Crippen molar-refractivity contribution < 1.29 is 45.5 Å². The topological polar surface area (TPSA) is 90.2 Å². The van der Waals surface area contributed by atoms with Crippen LogP contribution in [0.25, 0.3) is 12.2 Å². The van der Waals surface area contributed by atoms with E-state index in [2.05, 4.69) is 89.6 Å². The highest BCUT2D eigenvalue weighted by Crippen LogP contribution is 2.19. The smallest absolute Gasteiger partial charge is 0.308 e. The third-order valence-corrected chi connectivity index (χ3v) is 8.21. The lowest BCUT2D eigenvalue weighted by Crippen LogP contribution is -3.00. The Balaban J connectivity index is 0.0000135. The number of halogens is 1. The van der Waals surface area contributed by atoms with Gasteiger partial charge < -0.3 is 41.6 Å². The number of nitrogens with one attached hydrogen (secondary N) is 1. The fourth-order valence-corrected chi connectivity index (χ4v) is 5.41. The van der Waals surface area contributed by atoms with Gasteiger partial charge in [-0.2, -0.15) is 0 Å². The Hall–Kier alpha value is -2.98. The standard InChI is InChI=1S/C42H67N3O6.ClH/c1-6-8-10-12-27-45(28-13-11-9-7-2)39-20-18-37(19-21-39)16-17-38-22-29-44(30-23-38)26-14-15-40(46)43-25-32-49-34-36-50-35-33-48-31-24-41(47)51-42(3,4)5;/h16-23,29-30H,6-15,24-28,31-36H2,1-5H3;1H. The SMILES string of the molecule is CCCCCCN(CCCCCC)c1ccc(/C=C/c2cc[n+](CCCC(=O)NCCOCCOCCOCCC(=O)OC(C)(C)C)cc2)cc1.[Cl-]. The molecule has 0 unspecified atom stereocenters. The molecule has 1 aromatic carbocycles. The van der Waals surface area contributed by atoms with Crippen molar-refractivity contribution >= 4 is 29.7 Å². The maximum Gasteiger partial charge on any atom is 0.308 e. The molecule has 0 aliphatic carbocycles. The number of hydrogen-bond donors (Lipinski definition) is 1. The van der Waals surface area contributed by atoms with Gasteiger partial charge in [0.2, 0.25) is 5.91 Å². The molecule has 1 amide bonds. The van der Waals surface area contributed by atoms with E-state index >= 15 is 0 Å². The molecule has 0 aliphatic rings. The maximum atomic E-state index is 12.2. The van der Waals surface area contributed by atoms with Crippen LogP contribution in [0.1, 0.15) is 116 Å². The molecule has 2 rings (SSSR count). The van der Waals surface area contributed by atoms with Gasteiger partial charge in [0.25, 0.3) is 0 Å². The Morgan fingerprint density at radius 1 is 0.692 bits per heavy atom. The Morgan fingerprint density at radius 3 is 1.79 bits per heavy atom. The van der Waals surface area contributed by atoms with E-state index in [0.29, 0.717) is 52.6 Å². The van der Waals surface area contributed by atoms with Gasteiger partial charge in [-0.15, -0.1) is 0 Å². The highest BCUT2D eigenvalue weighted by Gasteiger charge is 2.15. The second kappa shape index (κ2) is 29.5. The van der Waals surface area contributed by atoms with E-state index in [1.165, 1.54) is 62.6 Å². The van der Waals surface area contributed by atoms with Gasteiger partial charge in [0.1, 0.15) is 12.1 Å². The van der Waals surface area contributed by atoms with Gasteiger partial charge in [-0.3, -0.25) is 9.59 Å². The molecule has 0 radical (unpaired) electrons. The third-order valence-electron chi connectivity index (χ3n) is 8.21. The summed E-state index contributed by atoms with van der Waals surface area (Å²) < 4.78 is 23.7. The molecule has 0 fully saturated rings. The van der Waals surface area contributed by atoms with Crippen molar-refractivity contribution in [2.24, 2.45) is 0 Å². The number of unbranched alkanes of at least 4 members (excludes halogenated alkanes) is 6. The lowest BCUT2D eigenvalue weighted by Gasteiger charge is -2.25. The first-order valence-electron chi connectivity index (χ1n) is 19.4. The number of aromatic nitrogens is 1. The number of hydrogen-bond acceptors (Lipinski definition) is 7. The zero-order valence-electron chi connectivity index (χ0n) is 32.8. The van der Waals surface area contributed by atoms with Crippen molar-refractivity contribution in [2.75, 3.05) is 64.2 Å². The Bertz CT molecular complexity index is 1210. The van der Waals surface area contributed by atoms with E-state index in [9.17, 15) is 9.59 Å². The molecule has 0 atom stereocenters. The second-order valence-corrected chi connectivity index (χ2v) is 14.0. The quantitative estimate of drug-likeness (QED) is 0.0728. The monoisotopic (exact) mass is 745 g/mol. The van der Waals surface area contributed by atoms with Crippen LogP contribution in [0.2, 0.25) is 0 Å². The molecule has 1 N–H and O–H groups in total. The van der Waals surface area contributed by atoms with Crippen LogP contribution in [-0.2, 0) is 35.1 Å². The molecule has 294 valence electrons. The molecule has 0 saturated heterocycles. The van der Waals surface area contributed by atoms with Gasteiger partial charge in [-0.05, 0) is 56.9 Å². The first-order chi connectivity index (χ1) is 24.7. The van der Waals surface area contributed by atoms with E-state index < -0.39 is 5.60 Å². The molecule has 1 aromatic heterocycles. The van der Waals surface area contributed by atoms with E-state index in [-0.39, 0.29) is 30.7 Å². The molecule has 0 saturated carbocycles. The van der Waals surface area contributed by atoms with Crippen LogP contribution in [0.5, 0.6) is 0 Å². The lowest BCUT2D eigenvalue weighted by molar-refractivity contribution is -0.697. The Kier molecular flexibility index (Phi) is 26.7. The van der Waals surface area contributed by atoms with Crippen molar-refractivity contribution in [3.8, 4) is 0 Å². The molecule has 2 aromatic rings. The van der Waals surface area contributed by atoms with Crippen LogP contribution < -0.4 is 27.2 Å². The minimum Gasteiger partial charge on any atom is -1.00 e. The van der Waals surface area contributed by atoms with Gasteiger partial charge in [0.05, 0.1) is 46.1 Å². The molecule has 52 heavy (non-hydrogen) atoms. The van der Waals surface area contributed by atoms with Crippen LogP contribution in [0.15, 0.2) is 48.8 Å². The number of carbonyl (C=O) groups excluding carboxylic acids is 2. The van der Waals surface area contributed by atoms with Gasteiger partial charge in [0.15, 0.2) is 12.4 Å². The normalized spacial score (nSPS) is 11.4. The molecule has 0 spiro atoms. The summed E-state index contributed by atoms with van der Waals surface area (Å²) in [6.45, 7) is 16.1. The minimum absolute atomic E-state index is 0. The fourth-order valence-electron chi connectivity index (χ4n) is 5.41. The van der Waals surface area contributed by atoms with Crippen molar-refractivity contribution in [3.05, 3.63) is 59.9 Å². The summed E-state index contributed by atoms with van der Waals surface area (Å²) in [5.74, 6) is -0.238. The first-order valence-corrected chi connectivity index (χ1v) is 19.4. The van der Waals surface area contributed by atoms with Gasteiger partial charge in [-0.25, -0.2) is 4.57 Å². The predicted molar refractivity (Wildman–Crippen MR) is 208 cm³/mol. The zero-order valence-corrected chi connectivity index (χ0v) is 33.6. The van der Waals surface area contributed by atoms with Crippen LogP contribution in [0.4, 0.5) is 5.69 Å². The number of anilines is 1. The molecule has 10 heteroatoms. The number of ether oxygens (including phenoxy) is 4. The van der Waals surface area contributed by atoms with E-state index in [0.717, 1.165) is 31.6 Å². The van der Waals surface area contributed by atoms with Crippen molar-refractivity contribution in [2.45, 2.75) is 117 Å². The van der Waals surface area contributed by atoms with Gasteiger partial charge in [0, 0.05) is 50.3 Å². The van der Waals surface area contributed by atoms with Crippen LogP contribution in [-0.4, -0.2) is 76.8 Å². The van der Waals surface area contributed by atoms with E-state index in [1.54, 1.807) is 0 Å². The summed E-state index contributed by atoms with van der Waals surface area (Å²) in [5, 5.41) is 2.91. The number of esters is 1. The van der Waals surface area contributed by atoms with E-state index in [1.807, 2.05) is 20.8 Å². The first kappa shape index (κ1) is 47.0. The van der Waals surface area contributed by atoms with E-state index in [4.69, 9.17) is 18.9 Å².